The summed E-state index contributed by atoms with van der Waals surface area (Å²) in [5.41, 5.74) is 1.26. The maximum Gasteiger partial charge on any atom is 0.415 e. The van der Waals surface area contributed by atoms with E-state index in [0.29, 0.717) is 11.6 Å². The van der Waals surface area contributed by atoms with Gasteiger partial charge in [-0.15, -0.1) is 0 Å². The van der Waals surface area contributed by atoms with Crippen LogP contribution in [0.1, 0.15) is 18.9 Å². The first kappa shape index (κ1) is 14.0. The summed E-state index contributed by atoms with van der Waals surface area (Å²) < 4.78 is 5.71. The highest BCUT2D eigenvalue weighted by molar-refractivity contribution is 6.30. The highest BCUT2D eigenvalue weighted by Crippen LogP contribution is 2.35. The van der Waals surface area contributed by atoms with E-state index in [2.05, 4.69) is 0 Å². The fourth-order valence-corrected chi connectivity index (χ4v) is 2.69. The first-order valence-electron chi connectivity index (χ1n) is 6.90. The van der Waals surface area contributed by atoms with Gasteiger partial charge in [0.2, 0.25) is 0 Å². The lowest BCUT2D eigenvalue weighted by Crippen LogP contribution is -2.46. The first-order chi connectivity index (χ1) is 10.1. The quantitative estimate of drug-likeness (QED) is 0.811. The minimum Gasteiger partial charge on any atom is -0.438 e. The molecule has 1 fully saturated rings. The van der Waals surface area contributed by atoms with Crippen molar-refractivity contribution in [1.82, 2.24) is 0 Å². The minimum atomic E-state index is -0.568. The molecule has 0 bridgehead atoms. The van der Waals surface area contributed by atoms with Gasteiger partial charge in [0, 0.05) is 23.7 Å². The Bertz CT molecular complexity index is 642. The number of nitrogens with zero attached hydrogens (tertiary/aromatic N) is 1. The van der Waals surface area contributed by atoms with Crippen LogP contribution in [0.2, 0.25) is 5.02 Å². The predicted molar refractivity (Wildman–Crippen MR) is 83.7 cm³/mol. The zero-order valence-electron chi connectivity index (χ0n) is 11.8. The Kier molecular flexibility index (Phi) is 3.60. The van der Waals surface area contributed by atoms with Crippen molar-refractivity contribution in [2.75, 3.05) is 11.4 Å². The Hall–Kier alpha value is -2.00. The van der Waals surface area contributed by atoms with Gasteiger partial charge in [0.25, 0.3) is 0 Å². The van der Waals surface area contributed by atoms with Gasteiger partial charge in [0.05, 0.1) is 0 Å². The van der Waals surface area contributed by atoms with Crippen molar-refractivity contribution in [2.45, 2.75) is 18.9 Å². The number of halogens is 1. The van der Waals surface area contributed by atoms with Crippen LogP contribution in [0, 0.1) is 0 Å². The molecular formula is C17H16ClNO2. The molecule has 1 atom stereocenters. The normalized spacial score (nSPS) is 22.0. The Labute approximate surface area is 129 Å². The second-order valence-electron chi connectivity index (χ2n) is 5.34. The van der Waals surface area contributed by atoms with Gasteiger partial charge in [0.1, 0.15) is 5.60 Å². The number of benzene rings is 2. The number of hydrogen-bond acceptors (Lipinski definition) is 2. The molecule has 4 heteroatoms. The number of hydrogen-bond donors (Lipinski definition) is 0. The van der Waals surface area contributed by atoms with Gasteiger partial charge in [-0.2, -0.15) is 0 Å². The summed E-state index contributed by atoms with van der Waals surface area (Å²) in [7, 11) is 0. The van der Waals surface area contributed by atoms with E-state index in [1.165, 1.54) is 0 Å². The zero-order valence-corrected chi connectivity index (χ0v) is 12.5. The number of rotatable bonds is 2. The fourth-order valence-electron chi connectivity index (χ4n) is 2.56. The van der Waals surface area contributed by atoms with Gasteiger partial charge in [-0.05, 0) is 36.8 Å². The predicted octanol–water partition coefficient (Wildman–Crippen LogP) is 4.60. The fraction of sp³-hybridized carbons (Fsp3) is 0.235. The summed E-state index contributed by atoms with van der Waals surface area (Å²) in [6.07, 6.45) is 0.417. The Balaban J connectivity index is 1.81. The zero-order chi connectivity index (χ0) is 14.9. The molecule has 1 aliphatic rings. The van der Waals surface area contributed by atoms with Crippen molar-refractivity contribution < 1.29 is 9.53 Å². The third-order valence-corrected chi connectivity index (χ3v) is 4.12. The van der Waals surface area contributed by atoms with Crippen molar-refractivity contribution >= 4 is 23.4 Å². The van der Waals surface area contributed by atoms with E-state index in [9.17, 15) is 4.79 Å². The summed E-state index contributed by atoms with van der Waals surface area (Å²) in [5.74, 6) is 0. The molecule has 1 amide bonds. The molecule has 0 radical (unpaired) electrons. The van der Waals surface area contributed by atoms with Crippen molar-refractivity contribution in [3.8, 4) is 0 Å². The van der Waals surface area contributed by atoms with Crippen molar-refractivity contribution in [3.63, 3.8) is 0 Å². The van der Waals surface area contributed by atoms with Crippen molar-refractivity contribution in [1.29, 1.82) is 0 Å². The molecule has 2 aromatic carbocycles. The topological polar surface area (TPSA) is 29.5 Å². The number of carbonyl (C=O) groups excluding carboxylic acids is 1. The molecule has 0 saturated carbocycles. The lowest BCUT2D eigenvalue weighted by atomic mass is 9.91. The molecule has 0 aliphatic carbocycles. The van der Waals surface area contributed by atoms with Gasteiger partial charge < -0.3 is 4.74 Å². The lowest BCUT2D eigenvalue weighted by molar-refractivity contribution is 0.00582. The first-order valence-corrected chi connectivity index (χ1v) is 7.28. The molecule has 3 nitrogen and oxygen atoms in total. The molecule has 1 unspecified atom stereocenters. The van der Waals surface area contributed by atoms with E-state index in [0.717, 1.165) is 17.7 Å². The van der Waals surface area contributed by atoms with Crippen LogP contribution in [0.25, 0.3) is 0 Å². The average molecular weight is 302 g/mol. The van der Waals surface area contributed by atoms with E-state index in [1.54, 1.807) is 17.0 Å². The molecular weight excluding hydrogens is 286 g/mol. The number of carbonyl (C=O) groups is 1. The molecule has 3 rings (SSSR count). The van der Waals surface area contributed by atoms with Gasteiger partial charge in [-0.3, -0.25) is 4.90 Å². The molecule has 2 aromatic rings. The van der Waals surface area contributed by atoms with Gasteiger partial charge in [-0.1, -0.05) is 41.9 Å². The van der Waals surface area contributed by atoms with Crippen molar-refractivity contribution in [3.05, 3.63) is 65.2 Å². The Morgan fingerprint density at radius 3 is 2.38 bits per heavy atom. The van der Waals surface area contributed by atoms with E-state index in [-0.39, 0.29) is 6.09 Å². The van der Waals surface area contributed by atoms with Gasteiger partial charge >= 0.3 is 6.09 Å². The molecule has 0 N–H and O–H groups in total. The molecule has 1 saturated heterocycles. The highest BCUT2D eigenvalue weighted by Gasteiger charge is 2.38. The Morgan fingerprint density at radius 2 is 1.76 bits per heavy atom. The van der Waals surface area contributed by atoms with Crippen LogP contribution in [-0.4, -0.2) is 12.6 Å². The summed E-state index contributed by atoms with van der Waals surface area (Å²) in [5, 5.41) is 0.651. The Morgan fingerprint density at radius 1 is 1.10 bits per heavy atom. The highest BCUT2D eigenvalue weighted by atomic mass is 35.5. The average Bonchev–Trinajstić information content (AvgIpc) is 2.50. The molecule has 1 aliphatic heterocycles. The van der Waals surface area contributed by atoms with E-state index in [1.807, 2.05) is 49.4 Å². The van der Waals surface area contributed by atoms with Crippen LogP contribution < -0.4 is 4.90 Å². The van der Waals surface area contributed by atoms with E-state index >= 15 is 0 Å². The van der Waals surface area contributed by atoms with Crippen LogP contribution in [0.4, 0.5) is 10.5 Å². The summed E-state index contributed by atoms with van der Waals surface area (Å²) in [6.45, 7) is 2.57. The van der Waals surface area contributed by atoms with Crippen LogP contribution in [0.5, 0.6) is 0 Å². The summed E-state index contributed by atoms with van der Waals surface area (Å²) in [4.78, 5) is 14.0. The second-order valence-corrected chi connectivity index (χ2v) is 5.78. The number of amides is 1. The molecule has 21 heavy (non-hydrogen) atoms. The van der Waals surface area contributed by atoms with Gasteiger partial charge in [-0.25, -0.2) is 4.79 Å². The molecule has 0 spiro atoms. The lowest BCUT2D eigenvalue weighted by Gasteiger charge is -2.39. The van der Waals surface area contributed by atoms with Crippen LogP contribution >= 0.6 is 11.6 Å². The smallest absolute Gasteiger partial charge is 0.415 e. The standard InChI is InChI=1S/C17H16ClNO2/c1-17(13-5-3-2-4-6-13)11-12-19(16(20)21-17)15-9-7-14(18)8-10-15/h2-10H,11-12H2,1H3. The van der Waals surface area contributed by atoms with Gasteiger partial charge in [0.15, 0.2) is 0 Å². The molecule has 0 aromatic heterocycles. The summed E-state index contributed by atoms with van der Waals surface area (Å²) >= 11 is 5.88. The van der Waals surface area contributed by atoms with Crippen LogP contribution in [0.15, 0.2) is 54.6 Å². The van der Waals surface area contributed by atoms with E-state index in [4.69, 9.17) is 16.3 Å². The number of anilines is 1. The number of cyclic esters (lactones) is 1. The SMILES string of the molecule is CC1(c2ccccc2)CCN(c2ccc(Cl)cc2)C(=O)O1. The monoisotopic (exact) mass is 301 g/mol. The minimum absolute atomic E-state index is 0.324. The molecule has 1 heterocycles. The number of ether oxygens (including phenoxy) is 1. The third kappa shape index (κ3) is 2.74. The summed E-state index contributed by atoms with van der Waals surface area (Å²) in [6, 6.07) is 17.1. The van der Waals surface area contributed by atoms with Crippen LogP contribution in [0.3, 0.4) is 0 Å². The van der Waals surface area contributed by atoms with E-state index < -0.39 is 5.60 Å². The maximum atomic E-state index is 12.3. The second kappa shape index (κ2) is 5.41. The largest absolute Gasteiger partial charge is 0.438 e. The molecule has 108 valence electrons. The van der Waals surface area contributed by atoms with Crippen molar-refractivity contribution in [2.24, 2.45) is 0 Å². The van der Waals surface area contributed by atoms with Crippen LogP contribution in [-0.2, 0) is 10.3 Å². The maximum absolute atomic E-state index is 12.3. The third-order valence-electron chi connectivity index (χ3n) is 3.87.